The molecule has 0 amide bonds. The van der Waals surface area contributed by atoms with E-state index in [1.54, 1.807) is 0 Å². The van der Waals surface area contributed by atoms with Gasteiger partial charge in [-0.15, -0.1) is 0 Å². The Hall–Kier alpha value is 0.0569. The van der Waals surface area contributed by atoms with Crippen molar-refractivity contribution in [1.29, 1.82) is 0 Å². The van der Waals surface area contributed by atoms with Gasteiger partial charge in [-0.1, -0.05) is 13.8 Å². The van der Waals surface area contributed by atoms with Gasteiger partial charge in [-0.05, 0) is 40.0 Å². The van der Waals surface area contributed by atoms with E-state index in [-0.39, 0.29) is 0 Å². The summed E-state index contributed by atoms with van der Waals surface area (Å²) in [7, 11) is -2.56. The van der Waals surface area contributed by atoms with Crippen LogP contribution in [0.2, 0.25) is 5.54 Å². The molecule has 0 N–H and O–H groups in total. The molecule has 0 aromatic rings. The molecule has 1 heterocycles. The number of likely N-dealkylation sites (tertiary alicyclic amines) is 1. The number of hydrogen-bond donors (Lipinski definition) is 0. The molecule has 1 aliphatic rings. The lowest BCUT2D eigenvalue weighted by Gasteiger charge is -2.36. The molecule has 1 aliphatic heterocycles. The third kappa shape index (κ3) is 4.53. The van der Waals surface area contributed by atoms with E-state index in [0.717, 1.165) is 12.5 Å². The maximum atomic E-state index is 6.01. The van der Waals surface area contributed by atoms with Crippen molar-refractivity contribution in [3.63, 3.8) is 0 Å². The van der Waals surface area contributed by atoms with E-state index in [1.165, 1.54) is 13.0 Å². The SMILES string of the molecule is CCO[Si](OCC)(OCC)C(C)CN1CC(C)CC1C. The van der Waals surface area contributed by atoms with Gasteiger partial charge >= 0.3 is 8.80 Å². The molecule has 0 aliphatic carbocycles. The molecule has 3 unspecified atom stereocenters. The van der Waals surface area contributed by atoms with Gasteiger partial charge in [-0.2, -0.15) is 0 Å². The van der Waals surface area contributed by atoms with Crippen LogP contribution in [0.25, 0.3) is 0 Å². The zero-order chi connectivity index (χ0) is 15.2. The Bertz CT molecular complexity index is 261. The third-order valence-electron chi connectivity index (χ3n) is 4.06. The molecule has 5 heteroatoms. The average Bonchev–Trinajstić information content (AvgIpc) is 2.68. The fourth-order valence-electron chi connectivity index (χ4n) is 3.26. The molecule has 3 atom stereocenters. The van der Waals surface area contributed by atoms with Crippen molar-refractivity contribution in [2.75, 3.05) is 32.9 Å². The van der Waals surface area contributed by atoms with Gasteiger partial charge in [0.15, 0.2) is 0 Å². The lowest BCUT2D eigenvalue weighted by atomic mass is 10.1. The molecule has 120 valence electrons. The normalized spacial score (nSPS) is 26.1. The van der Waals surface area contributed by atoms with Crippen molar-refractivity contribution >= 4 is 8.80 Å². The van der Waals surface area contributed by atoms with Crippen LogP contribution in [0.3, 0.4) is 0 Å². The number of nitrogens with zero attached hydrogens (tertiary/aromatic N) is 1. The van der Waals surface area contributed by atoms with Gasteiger partial charge < -0.3 is 18.2 Å². The Labute approximate surface area is 126 Å². The van der Waals surface area contributed by atoms with E-state index in [2.05, 4.69) is 25.7 Å². The number of hydrogen-bond acceptors (Lipinski definition) is 4. The van der Waals surface area contributed by atoms with E-state index in [9.17, 15) is 0 Å². The van der Waals surface area contributed by atoms with Gasteiger partial charge in [0.05, 0.1) is 0 Å². The van der Waals surface area contributed by atoms with Crippen LogP contribution < -0.4 is 0 Å². The minimum atomic E-state index is -2.56. The average molecular weight is 304 g/mol. The molecular formula is C15H33NO3Si. The van der Waals surface area contributed by atoms with Crippen LogP contribution in [0.1, 0.15) is 48.0 Å². The van der Waals surface area contributed by atoms with E-state index < -0.39 is 8.80 Å². The summed E-state index contributed by atoms with van der Waals surface area (Å²) in [6.07, 6.45) is 1.29. The van der Waals surface area contributed by atoms with Gasteiger partial charge in [0, 0.05) is 44.5 Å². The molecule has 1 rings (SSSR count). The Morgan fingerprint density at radius 1 is 1.05 bits per heavy atom. The summed E-state index contributed by atoms with van der Waals surface area (Å²) in [5.41, 5.74) is 0.315. The highest BCUT2D eigenvalue weighted by molar-refractivity contribution is 6.62. The Morgan fingerprint density at radius 3 is 1.90 bits per heavy atom. The molecule has 0 aromatic carbocycles. The quantitative estimate of drug-likeness (QED) is 0.612. The van der Waals surface area contributed by atoms with Gasteiger partial charge in [-0.3, -0.25) is 0 Å². The minimum Gasteiger partial charge on any atom is -0.374 e. The van der Waals surface area contributed by atoms with Crippen molar-refractivity contribution in [2.24, 2.45) is 5.92 Å². The Kier molecular flexibility index (Phi) is 7.68. The van der Waals surface area contributed by atoms with Gasteiger partial charge in [0.1, 0.15) is 0 Å². The smallest absolute Gasteiger partial charge is 0.374 e. The van der Waals surface area contributed by atoms with E-state index >= 15 is 0 Å². The van der Waals surface area contributed by atoms with Crippen molar-refractivity contribution in [3.8, 4) is 0 Å². The summed E-state index contributed by atoms with van der Waals surface area (Å²) >= 11 is 0. The van der Waals surface area contributed by atoms with Crippen molar-refractivity contribution in [3.05, 3.63) is 0 Å². The first-order chi connectivity index (χ1) is 9.49. The van der Waals surface area contributed by atoms with Crippen LogP contribution in [0.4, 0.5) is 0 Å². The lowest BCUT2D eigenvalue weighted by Crippen LogP contribution is -2.52. The molecule has 20 heavy (non-hydrogen) atoms. The minimum absolute atomic E-state index is 0.315. The zero-order valence-corrected chi connectivity index (χ0v) is 15.1. The van der Waals surface area contributed by atoms with Crippen LogP contribution in [-0.4, -0.2) is 52.7 Å². The van der Waals surface area contributed by atoms with Gasteiger partial charge in [0.25, 0.3) is 0 Å². The molecule has 0 radical (unpaired) electrons. The molecule has 0 aromatic heterocycles. The summed E-state index contributed by atoms with van der Waals surface area (Å²) in [6.45, 7) is 17.1. The fourth-order valence-corrected chi connectivity index (χ4v) is 6.03. The zero-order valence-electron chi connectivity index (χ0n) is 14.1. The van der Waals surface area contributed by atoms with Crippen LogP contribution in [0.15, 0.2) is 0 Å². The highest BCUT2D eigenvalue weighted by atomic mass is 28.4. The maximum Gasteiger partial charge on any atom is 0.505 e. The Balaban J connectivity index is 2.73. The van der Waals surface area contributed by atoms with E-state index in [4.69, 9.17) is 13.3 Å². The first-order valence-corrected chi connectivity index (χ1v) is 9.95. The van der Waals surface area contributed by atoms with Crippen LogP contribution in [0, 0.1) is 5.92 Å². The largest absolute Gasteiger partial charge is 0.505 e. The second kappa shape index (κ2) is 8.49. The number of rotatable bonds is 9. The summed E-state index contributed by atoms with van der Waals surface area (Å²) in [6, 6.07) is 0.657. The topological polar surface area (TPSA) is 30.9 Å². The van der Waals surface area contributed by atoms with Gasteiger partial charge in [-0.25, -0.2) is 0 Å². The molecule has 1 fully saturated rings. The fraction of sp³-hybridized carbons (Fsp3) is 1.00. The highest BCUT2D eigenvalue weighted by Gasteiger charge is 2.48. The summed E-state index contributed by atoms with van der Waals surface area (Å²) in [5, 5.41) is 0. The predicted octanol–water partition coefficient (Wildman–Crippen LogP) is 3.16. The lowest BCUT2D eigenvalue weighted by molar-refractivity contribution is 0.0570. The van der Waals surface area contributed by atoms with Crippen molar-refractivity contribution in [1.82, 2.24) is 4.90 Å². The summed E-state index contributed by atoms with van der Waals surface area (Å²) in [5.74, 6) is 0.791. The van der Waals surface area contributed by atoms with Crippen molar-refractivity contribution < 1.29 is 13.3 Å². The third-order valence-corrected chi connectivity index (χ3v) is 7.52. The molecule has 0 bridgehead atoms. The molecule has 1 saturated heterocycles. The monoisotopic (exact) mass is 303 g/mol. The van der Waals surface area contributed by atoms with Crippen LogP contribution in [-0.2, 0) is 13.3 Å². The van der Waals surface area contributed by atoms with E-state index in [1.807, 2.05) is 20.8 Å². The van der Waals surface area contributed by atoms with Gasteiger partial charge in [0.2, 0.25) is 0 Å². The Morgan fingerprint density at radius 2 is 1.55 bits per heavy atom. The summed E-state index contributed by atoms with van der Waals surface area (Å²) < 4.78 is 18.0. The molecular weight excluding hydrogens is 270 g/mol. The maximum absolute atomic E-state index is 6.01. The van der Waals surface area contributed by atoms with Crippen molar-refractivity contribution in [2.45, 2.75) is 59.5 Å². The second-order valence-corrected chi connectivity index (χ2v) is 9.01. The highest BCUT2D eigenvalue weighted by Crippen LogP contribution is 2.30. The standard InChI is InChI=1S/C15H33NO3Si/c1-7-17-20(18-8-2,19-9-3)15(6)12-16-11-13(4)10-14(16)5/h13-15H,7-12H2,1-6H3. The predicted molar refractivity (Wildman–Crippen MR) is 84.9 cm³/mol. The first-order valence-electron chi connectivity index (χ1n) is 8.14. The second-order valence-electron chi connectivity index (χ2n) is 5.95. The molecule has 0 saturated carbocycles. The molecule has 4 nitrogen and oxygen atoms in total. The first kappa shape index (κ1) is 18.1. The summed E-state index contributed by atoms with van der Waals surface area (Å²) in [4.78, 5) is 2.56. The van der Waals surface area contributed by atoms with Crippen LogP contribution in [0.5, 0.6) is 0 Å². The van der Waals surface area contributed by atoms with Crippen LogP contribution >= 0.6 is 0 Å². The molecule has 0 spiro atoms. The van der Waals surface area contributed by atoms with E-state index in [0.29, 0.717) is 31.4 Å².